The van der Waals surface area contributed by atoms with Crippen LogP contribution in [0.2, 0.25) is 0 Å². The Morgan fingerprint density at radius 1 is 1.56 bits per heavy atom. The van der Waals surface area contributed by atoms with Gasteiger partial charge in [-0.25, -0.2) is 4.39 Å². The number of halogens is 1. The molecule has 1 heterocycles. The first-order valence-corrected chi connectivity index (χ1v) is 6.25. The molecule has 96 valence electrons. The SMILES string of the molecule is CCC1CC(C#N)(Nc2ccccc2F)CCO1. The lowest BCUT2D eigenvalue weighted by atomic mass is 9.87. The quantitative estimate of drug-likeness (QED) is 0.894. The van der Waals surface area contributed by atoms with Gasteiger partial charge in [-0.1, -0.05) is 19.1 Å². The Labute approximate surface area is 107 Å². The molecule has 0 aromatic heterocycles. The van der Waals surface area contributed by atoms with Gasteiger partial charge >= 0.3 is 0 Å². The fraction of sp³-hybridized carbons (Fsp3) is 0.500. The molecule has 0 spiro atoms. The second-order valence-corrected chi connectivity index (χ2v) is 4.65. The molecule has 1 aromatic rings. The Morgan fingerprint density at radius 2 is 2.33 bits per heavy atom. The lowest BCUT2D eigenvalue weighted by molar-refractivity contribution is -0.00310. The number of rotatable bonds is 3. The van der Waals surface area contributed by atoms with E-state index >= 15 is 0 Å². The third-order valence-electron chi connectivity index (χ3n) is 3.38. The Morgan fingerprint density at radius 3 is 3.00 bits per heavy atom. The highest BCUT2D eigenvalue weighted by Gasteiger charge is 2.37. The smallest absolute Gasteiger partial charge is 0.146 e. The molecule has 1 N–H and O–H groups in total. The van der Waals surface area contributed by atoms with Crippen molar-refractivity contribution < 1.29 is 9.13 Å². The van der Waals surface area contributed by atoms with Crippen LogP contribution in [0.25, 0.3) is 0 Å². The number of nitrogens with zero attached hydrogens (tertiary/aromatic N) is 1. The fourth-order valence-corrected chi connectivity index (χ4v) is 2.28. The Bertz CT molecular complexity index is 457. The predicted molar refractivity (Wildman–Crippen MR) is 67.6 cm³/mol. The number of hydrogen-bond donors (Lipinski definition) is 1. The van der Waals surface area contributed by atoms with E-state index in [4.69, 9.17) is 4.74 Å². The summed E-state index contributed by atoms with van der Waals surface area (Å²) in [6.45, 7) is 2.56. The highest BCUT2D eigenvalue weighted by Crippen LogP contribution is 2.30. The van der Waals surface area contributed by atoms with Crippen molar-refractivity contribution in [2.75, 3.05) is 11.9 Å². The molecular weight excluding hydrogens is 231 g/mol. The van der Waals surface area contributed by atoms with Gasteiger partial charge in [0.05, 0.1) is 24.5 Å². The van der Waals surface area contributed by atoms with Gasteiger partial charge in [0.25, 0.3) is 0 Å². The molecule has 4 heteroatoms. The van der Waals surface area contributed by atoms with Crippen LogP contribution in [0.1, 0.15) is 26.2 Å². The van der Waals surface area contributed by atoms with Gasteiger partial charge in [0.2, 0.25) is 0 Å². The average Bonchev–Trinajstić information content (AvgIpc) is 2.42. The Hall–Kier alpha value is -1.60. The second-order valence-electron chi connectivity index (χ2n) is 4.65. The monoisotopic (exact) mass is 248 g/mol. The summed E-state index contributed by atoms with van der Waals surface area (Å²) in [5.74, 6) is -0.327. The molecule has 0 radical (unpaired) electrons. The van der Waals surface area contributed by atoms with E-state index in [1.807, 2.05) is 6.92 Å². The maximum Gasteiger partial charge on any atom is 0.146 e. The van der Waals surface area contributed by atoms with E-state index in [1.165, 1.54) is 6.07 Å². The number of ether oxygens (including phenoxy) is 1. The van der Waals surface area contributed by atoms with Crippen molar-refractivity contribution >= 4 is 5.69 Å². The van der Waals surface area contributed by atoms with Crippen molar-refractivity contribution in [3.05, 3.63) is 30.1 Å². The van der Waals surface area contributed by atoms with E-state index in [9.17, 15) is 9.65 Å². The van der Waals surface area contributed by atoms with Gasteiger partial charge in [0.1, 0.15) is 11.4 Å². The van der Waals surface area contributed by atoms with Crippen LogP contribution < -0.4 is 5.32 Å². The molecule has 2 unspecified atom stereocenters. The van der Waals surface area contributed by atoms with Gasteiger partial charge in [-0.15, -0.1) is 0 Å². The van der Waals surface area contributed by atoms with Crippen molar-refractivity contribution in [3.63, 3.8) is 0 Å². The highest BCUT2D eigenvalue weighted by atomic mass is 19.1. The van der Waals surface area contributed by atoms with Crippen molar-refractivity contribution in [2.24, 2.45) is 0 Å². The molecule has 1 aliphatic rings. The molecule has 0 saturated carbocycles. The summed E-state index contributed by atoms with van der Waals surface area (Å²) < 4.78 is 19.2. The Kier molecular flexibility index (Phi) is 3.83. The van der Waals surface area contributed by atoms with Gasteiger partial charge in [0, 0.05) is 12.8 Å². The van der Waals surface area contributed by atoms with Crippen LogP contribution in [0.15, 0.2) is 24.3 Å². The van der Waals surface area contributed by atoms with Crippen molar-refractivity contribution in [1.29, 1.82) is 5.26 Å². The van der Waals surface area contributed by atoms with Gasteiger partial charge in [-0.3, -0.25) is 0 Å². The van der Waals surface area contributed by atoms with E-state index < -0.39 is 5.54 Å². The minimum absolute atomic E-state index is 0.0673. The number of hydrogen-bond acceptors (Lipinski definition) is 3. The van der Waals surface area contributed by atoms with E-state index in [1.54, 1.807) is 18.2 Å². The number of nitriles is 1. The summed E-state index contributed by atoms with van der Waals surface area (Å²) in [5, 5.41) is 12.5. The van der Waals surface area contributed by atoms with E-state index in [-0.39, 0.29) is 11.9 Å². The van der Waals surface area contributed by atoms with Crippen LogP contribution >= 0.6 is 0 Å². The average molecular weight is 248 g/mol. The molecule has 3 nitrogen and oxygen atoms in total. The molecule has 0 aliphatic carbocycles. The maximum atomic E-state index is 13.6. The number of nitrogens with one attached hydrogen (secondary N) is 1. The Balaban J connectivity index is 2.19. The van der Waals surface area contributed by atoms with Crippen molar-refractivity contribution in [2.45, 2.75) is 37.8 Å². The third-order valence-corrected chi connectivity index (χ3v) is 3.38. The minimum atomic E-state index is -0.721. The molecule has 18 heavy (non-hydrogen) atoms. The van der Waals surface area contributed by atoms with Crippen molar-refractivity contribution in [1.82, 2.24) is 0 Å². The molecule has 1 fully saturated rings. The van der Waals surface area contributed by atoms with Crippen molar-refractivity contribution in [3.8, 4) is 6.07 Å². The van der Waals surface area contributed by atoms with Crippen LogP contribution in [0.3, 0.4) is 0 Å². The largest absolute Gasteiger partial charge is 0.378 e. The first kappa shape index (κ1) is 12.8. The van der Waals surface area contributed by atoms with Crippen LogP contribution in [0, 0.1) is 17.1 Å². The summed E-state index contributed by atoms with van der Waals surface area (Å²) in [7, 11) is 0. The van der Waals surface area contributed by atoms with Gasteiger partial charge in [0.15, 0.2) is 0 Å². The molecule has 0 bridgehead atoms. The number of benzene rings is 1. The van der Waals surface area contributed by atoms with E-state index in [2.05, 4.69) is 11.4 Å². The molecule has 1 aromatic carbocycles. The summed E-state index contributed by atoms with van der Waals surface area (Å²) >= 11 is 0. The topological polar surface area (TPSA) is 45.0 Å². The van der Waals surface area contributed by atoms with Crippen LogP contribution in [-0.2, 0) is 4.74 Å². The molecular formula is C14H17FN2O. The fourth-order valence-electron chi connectivity index (χ4n) is 2.28. The zero-order valence-corrected chi connectivity index (χ0v) is 10.4. The van der Waals surface area contributed by atoms with Crippen LogP contribution in [0.4, 0.5) is 10.1 Å². The van der Waals surface area contributed by atoms with Gasteiger partial charge < -0.3 is 10.1 Å². The lowest BCUT2D eigenvalue weighted by Gasteiger charge is -2.36. The predicted octanol–water partition coefficient (Wildman–Crippen LogP) is 3.09. The molecule has 1 saturated heterocycles. The zero-order valence-electron chi connectivity index (χ0n) is 10.4. The summed E-state index contributed by atoms with van der Waals surface area (Å²) in [6, 6.07) is 8.74. The summed E-state index contributed by atoms with van der Waals surface area (Å²) in [5.41, 5.74) is -0.336. The maximum absolute atomic E-state index is 13.6. The van der Waals surface area contributed by atoms with E-state index in [0.29, 0.717) is 25.1 Å². The van der Waals surface area contributed by atoms with Crippen LogP contribution in [0.5, 0.6) is 0 Å². The molecule has 1 aliphatic heterocycles. The van der Waals surface area contributed by atoms with Gasteiger partial charge in [-0.05, 0) is 18.6 Å². The normalized spacial score (nSPS) is 27.5. The molecule has 2 rings (SSSR count). The lowest BCUT2D eigenvalue weighted by Crippen LogP contribution is -2.45. The summed E-state index contributed by atoms with van der Waals surface area (Å²) in [4.78, 5) is 0. The standard InChI is InChI=1S/C14H17FN2O/c1-2-11-9-14(10-16,7-8-18-11)17-13-6-4-3-5-12(13)15/h3-6,11,17H,2,7-9H2,1H3. The van der Waals surface area contributed by atoms with Crippen LogP contribution in [-0.4, -0.2) is 18.2 Å². The molecule has 0 amide bonds. The minimum Gasteiger partial charge on any atom is -0.378 e. The first-order valence-electron chi connectivity index (χ1n) is 6.25. The first-order chi connectivity index (χ1) is 8.69. The highest BCUT2D eigenvalue weighted by molar-refractivity contribution is 5.49. The summed E-state index contributed by atoms with van der Waals surface area (Å²) in [6.07, 6.45) is 2.10. The number of anilines is 1. The zero-order chi connectivity index (χ0) is 13.0. The number of para-hydroxylation sites is 1. The second kappa shape index (κ2) is 5.36. The molecule has 2 atom stereocenters. The van der Waals surface area contributed by atoms with Gasteiger partial charge in [-0.2, -0.15) is 5.26 Å². The third kappa shape index (κ3) is 2.62. The van der Waals surface area contributed by atoms with E-state index in [0.717, 1.165) is 6.42 Å².